The molecule has 0 bridgehead atoms. The first-order chi connectivity index (χ1) is 11.9. The summed E-state index contributed by atoms with van der Waals surface area (Å²) in [6.07, 6.45) is -2.17. The van der Waals surface area contributed by atoms with Crippen LogP contribution in [0.1, 0.15) is 19.4 Å². The Bertz CT molecular complexity index is 654. The Hall–Kier alpha value is -2.38. The molecule has 1 aromatic carbocycles. The van der Waals surface area contributed by atoms with Gasteiger partial charge in [0.05, 0.1) is 13.2 Å². The van der Waals surface area contributed by atoms with E-state index in [9.17, 15) is 19.8 Å². The Labute approximate surface area is 145 Å². The highest BCUT2D eigenvalue weighted by molar-refractivity contribution is 5.71. The van der Waals surface area contributed by atoms with Gasteiger partial charge in [0.1, 0.15) is 24.1 Å². The Morgan fingerprint density at radius 2 is 2.08 bits per heavy atom. The second-order valence-electron chi connectivity index (χ2n) is 5.98. The highest BCUT2D eigenvalue weighted by atomic mass is 16.6. The number of rotatable bonds is 6. The van der Waals surface area contributed by atoms with Crippen molar-refractivity contribution in [2.45, 2.75) is 32.6 Å². The number of aliphatic hydroxyl groups is 1. The van der Waals surface area contributed by atoms with Crippen molar-refractivity contribution in [3.05, 3.63) is 35.5 Å². The van der Waals surface area contributed by atoms with Gasteiger partial charge in [-0.1, -0.05) is 26.0 Å². The molecule has 0 aromatic heterocycles. The summed E-state index contributed by atoms with van der Waals surface area (Å²) in [6, 6.07) is 6.55. The molecule has 25 heavy (non-hydrogen) atoms. The fourth-order valence-electron chi connectivity index (χ4n) is 2.68. The quantitative estimate of drug-likeness (QED) is 0.750. The molecular formula is C17H22N2O6. The number of ether oxygens (including phenoxy) is 2. The molecule has 1 aliphatic rings. The highest BCUT2D eigenvalue weighted by Crippen LogP contribution is 2.26. The smallest absolute Gasteiger partial charge is 0.427 e. The van der Waals surface area contributed by atoms with Gasteiger partial charge in [0.2, 0.25) is 0 Å². The maximum absolute atomic E-state index is 11.7. The van der Waals surface area contributed by atoms with Crippen LogP contribution in [0.15, 0.2) is 30.0 Å². The Morgan fingerprint density at radius 1 is 1.44 bits per heavy atom. The molecule has 1 aliphatic heterocycles. The fraction of sp³-hybridized carbons (Fsp3) is 0.471. The van der Waals surface area contributed by atoms with Crippen LogP contribution < -0.4 is 4.74 Å². The minimum atomic E-state index is -1.33. The van der Waals surface area contributed by atoms with Crippen molar-refractivity contribution < 1.29 is 29.3 Å². The molecule has 2 rings (SSSR count). The topological polar surface area (TPSA) is 99.5 Å². The van der Waals surface area contributed by atoms with Crippen LogP contribution in [0.3, 0.4) is 0 Å². The number of carbonyl (C=O) groups excluding carboxylic acids is 1. The third kappa shape index (κ3) is 4.18. The molecule has 1 amide bonds. The fourth-order valence-corrected chi connectivity index (χ4v) is 2.68. The number of allylic oxidation sites excluding steroid dienone is 1. The Morgan fingerprint density at radius 3 is 2.56 bits per heavy atom. The summed E-state index contributed by atoms with van der Waals surface area (Å²) in [4.78, 5) is 23.0. The minimum Gasteiger partial charge on any atom is -0.497 e. The standard InChI is InChI=1S/C17H22N2O6/c1-11(2)15(9-20)19(17(22)23)18-10-25-16(21)14(18)8-12-4-6-13(24-3)7-5-12/h4-7,11,14,16,21H,8,10H2,1-3H3,(H,22,23). The maximum Gasteiger partial charge on any atom is 0.427 e. The van der Waals surface area contributed by atoms with Crippen LogP contribution in [0.4, 0.5) is 4.79 Å². The predicted molar refractivity (Wildman–Crippen MR) is 88.2 cm³/mol. The largest absolute Gasteiger partial charge is 0.497 e. The molecule has 8 nitrogen and oxygen atoms in total. The van der Waals surface area contributed by atoms with Crippen molar-refractivity contribution in [2.24, 2.45) is 5.92 Å². The Balaban J connectivity index is 2.28. The molecule has 136 valence electrons. The lowest BCUT2D eigenvalue weighted by molar-refractivity contribution is -0.0676. The van der Waals surface area contributed by atoms with Crippen molar-refractivity contribution in [3.63, 3.8) is 0 Å². The SMILES string of the molecule is COc1ccc(CC2C(O)OCN2N(C(=O)O)C(=C=O)C(C)C)cc1. The van der Waals surface area contributed by atoms with Crippen molar-refractivity contribution in [1.82, 2.24) is 10.0 Å². The number of methoxy groups -OCH3 is 1. The number of aliphatic hydroxyl groups excluding tert-OH is 1. The van der Waals surface area contributed by atoms with Crippen LogP contribution in [0, 0.1) is 5.92 Å². The molecule has 0 spiro atoms. The van der Waals surface area contributed by atoms with E-state index < -0.39 is 18.4 Å². The van der Waals surface area contributed by atoms with Gasteiger partial charge in [-0.05, 0) is 24.1 Å². The highest BCUT2D eigenvalue weighted by Gasteiger charge is 2.41. The van der Waals surface area contributed by atoms with Crippen LogP contribution >= 0.6 is 0 Å². The first kappa shape index (κ1) is 19.0. The number of carbonyl (C=O) groups is 1. The molecule has 0 saturated carbocycles. The second kappa shape index (κ2) is 8.13. The van der Waals surface area contributed by atoms with Crippen molar-refractivity contribution in [3.8, 4) is 5.75 Å². The van der Waals surface area contributed by atoms with Crippen LogP contribution in [0.25, 0.3) is 0 Å². The van der Waals surface area contributed by atoms with Gasteiger partial charge in [-0.3, -0.25) is 0 Å². The maximum atomic E-state index is 11.7. The first-order valence-electron chi connectivity index (χ1n) is 7.86. The van der Waals surface area contributed by atoms with Gasteiger partial charge in [-0.25, -0.2) is 9.59 Å². The van der Waals surface area contributed by atoms with Gasteiger partial charge in [-0.15, -0.1) is 0 Å². The monoisotopic (exact) mass is 350 g/mol. The van der Waals surface area contributed by atoms with Gasteiger partial charge in [0, 0.05) is 5.92 Å². The van der Waals surface area contributed by atoms with Gasteiger partial charge in [-0.2, -0.15) is 10.0 Å². The van der Waals surface area contributed by atoms with Gasteiger partial charge in [0.25, 0.3) is 0 Å². The third-order valence-corrected chi connectivity index (χ3v) is 4.01. The number of benzene rings is 1. The molecular weight excluding hydrogens is 328 g/mol. The number of carboxylic acid groups (broad SMARTS) is 1. The summed E-state index contributed by atoms with van der Waals surface area (Å²) in [5, 5.41) is 21.8. The summed E-state index contributed by atoms with van der Waals surface area (Å²) in [5.74, 6) is 2.03. The van der Waals surface area contributed by atoms with E-state index in [1.807, 2.05) is 12.1 Å². The van der Waals surface area contributed by atoms with E-state index in [0.29, 0.717) is 12.2 Å². The zero-order chi connectivity index (χ0) is 18.6. The van der Waals surface area contributed by atoms with E-state index in [0.717, 1.165) is 10.6 Å². The summed E-state index contributed by atoms with van der Waals surface area (Å²) in [7, 11) is 1.56. The van der Waals surface area contributed by atoms with Gasteiger partial charge < -0.3 is 19.7 Å². The van der Waals surface area contributed by atoms with E-state index >= 15 is 0 Å². The summed E-state index contributed by atoms with van der Waals surface area (Å²) in [5.41, 5.74) is 0.830. The van der Waals surface area contributed by atoms with Crippen LogP contribution in [0.2, 0.25) is 0 Å². The van der Waals surface area contributed by atoms with Crippen molar-refractivity contribution in [2.75, 3.05) is 13.8 Å². The molecule has 1 saturated heterocycles. The van der Waals surface area contributed by atoms with Gasteiger partial charge in [0.15, 0.2) is 6.29 Å². The number of amides is 1. The zero-order valence-electron chi connectivity index (χ0n) is 14.4. The lowest BCUT2D eigenvalue weighted by Gasteiger charge is -2.34. The molecule has 2 unspecified atom stereocenters. The molecule has 8 heteroatoms. The molecule has 1 fully saturated rings. The summed E-state index contributed by atoms with van der Waals surface area (Å²) < 4.78 is 10.3. The first-order valence-corrected chi connectivity index (χ1v) is 7.86. The molecule has 1 heterocycles. The average Bonchev–Trinajstić information content (AvgIpc) is 2.93. The van der Waals surface area contributed by atoms with E-state index in [1.54, 1.807) is 39.0 Å². The number of hydrogen-bond donors (Lipinski definition) is 2. The second-order valence-corrected chi connectivity index (χ2v) is 5.98. The van der Waals surface area contributed by atoms with E-state index in [4.69, 9.17) is 9.47 Å². The summed E-state index contributed by atoms with van der Waals surface area (Å²) in [6.45, 7) is 3.25. The zero-order valence-corrected chi connectivity index (χ0v) is 14.4. The van der Waals surface area contributed by atoms with Crippen LogP contribution in [-0.4, -0.2) is 58.4 Å². The normalized spacial score (nSPS) is 20.4. The average molecular weight is 350 g/mol. The molecule has 2 N–H and O–H groups in total. The van der Waals surface area contributed by atoms with Crippen LogP contribution in [-0.2, 0) is 16.0 Å². The number of nitrogens with zero attached hydrogens (tertiary/aromatic N) is 2. The number of hydrazine groups is 1. The van der Waals surface area contributed by atoms with E-state index in [-0.39, 0.29) is 18.3 Å². The molecule has 2 atom stereocenters. The molecule has 0 radical (unpaired) electrons. The number of hydrogen-bond acceptors (Lipinski definition) is 6. The van der Waals surface area contributed by atoms with Crippen molar-refractivity contribution in [1.29, 1.82) is 0 Å². The van der Waals surface area contributed by atoms with Gasteiger partial charge >= 0.3 is 6.09 Å². The van der Waals surface area contributed by atoms with E-state index in [1.165, 1.54) is 5.01 Å². The van der Waals surface area contributed by atoms with E-state index in [2.05, 4.69) is 0 Å². The predicted octanol–water partition coefficient (Wildman–Crippen LogP) is 1.48. The summed E-state index contributed by atoms with van der Waals surface area (Å²) >= 11 is 0. The third-order valence-electron chi connectivity index (χ3n) is 4.01. The lowest BCUT2D eigenvalue weighted by atomic mass is 10.1. The molecule has 1 aromatic rings. The Kier molecular flexibility index (Phi) is 6.17. The van der Waals surface area contributed by atoms with Crippen molar-refractivity contribution >= 4 is 12.0 Å². The molecule has 0 aliphatic carbocycles. The lowest BCUT2D eigenvalue weighted by Crippen LogP contribution is -2.51. The van der Waals surface area contributed by atoms with Crippen LogP contribution in [0.5, 0.6) is 5.75 Å². The minimum absolute atomic E-state index is 0.0371.